The largest absolute Gasteiger partial charge is 0.494 e. The Morgan fingerprint density at radius 3 is 2.45 bits per heavy atom. The van der Waals surface area contributed by atoms with Gasteiger partial charge in [-0.05, 0) is 64.3 Å². The first-order valence-corrected chi connectivity index (χ1v) is 14.4. The van der Waals surface area contributed by atoms with Gasteiger partial charge in [0.25, 0.3) is 0 Å². The van der Waals surface area contributed by atoms with Crippen LogP contribution in [0.4, 0.5) is 5.69 Å². The number of nitrogens with one attached hydrogen (secondary N) is 2. The van der Waals surface area contributed by atoms with Crippen molar-refractivity contribution in [3.05, 3.63) is 24.3 Å². The summed E-state index contributed by atoms with van der Waals surface area (Å²) in [5.41, 5.74) is -1.13. The lowest BCUT2D eigenvalue weighted by molar-refractivity contribution is -0.147. The summed E-state index contributed by atoms with van der Waals surface area (Å²) in [5, 5.41) is 16.4. The number of aliphatic hydroxyl groups excluding tert-OH is 1. The minimum atomic E-state index is -1.17. The van der Waals surface area contributed by atoms with Gasteiger partial charge in [0.2, 0.25) is 17.7 Å². The van der Waals surface area contributed by atoms with Crippen LogP contribution in [0.2, 0.25) is 0 Å². The summed E-state index contributed by atoms with van der Waals surface area (Å²) >= 11 is 3.69. The molecule has 2 bridgehead atoms. The summed E-state index contributed by atoms with van der Waals surface area (Å²) in [6, 6.07) is 5.53. The first-order valence-electron chi connectivity index (χ1n) is 13.5. The summed E-state index contributed by atoms with van der Waals surface area (Å²) in [7, 11) is 0. The quantitative estimate of drug-likeness (QED) is 0.379. The number of halogens is 1. The highest BCUT2D eigenvalue weighted by Crippen LogP contribution is 2.60. The molecule has 0 aromatic heterocycles. The van der Waals surface area contributed by atoms with E-state index in [9.17, 15) is 19.5 Å². The smallest absolute Gasteiger partial charge is 0.246 e. The standard InChI is InChI=1S/C28H40BrN3O6/c1-7-15(3)19(14-33)32-23(25(35)31-27(4,5)6)28-13-18(29)22(38-28)20(21(28)26(32)36)24(34)30-16-9-11-17(12-10-16)37-8-2/h9-12,15,18-23,33H,7-8,13-14H2,1-6H3,(H,30,34)(H,31,35)/t15-,18?,19-,20+,21-,22+,23?,28?/m0/s1. The molecule has 0 radical (unpaired) electrons. The number of hydrogen-bond acceptors (Lipinski definition) is 6. The van der Waals surface area contributed by atoms with E-state index in [1.807, 2.05) is 41.5 Å². The molecule has 1 aromatic carbocycles. The van der Waals surface area contributed by atoms with E-state index in [1.54, 1.807) is 24.3 Å². The van der Waals surface area contributed by atoms with Gasteiger partial charge in [0.05, 0.1) is 37.2 Å². The van der Waals surface area contributed by atoms with E-state index in [2.05, 4.69) is 26.6 Å². The first kappa shape index (κ1) is 28.8. The fraction of sp³-hybridized carbons (Fsp3) is 0.679. The Kier molecular flexibility index (Phi) is 8.17. The zero-order valence-electron chi connectivity index (χ0n) is 23.0. The van der Waals surface area contributed by atoms with Crippen LogP contribution in [0.15, 0.2) is 24.3 Å². The number of nitrogens with zero attached hydrogens (tertiary/aromatic N) is 1. The summed E-state index contributed by atoms with van der Waals surface area (Å²) < 4.78 is 12.0. The van der Waals surface area contributed by atoms with Gasteiger partial charge in [0.1, 0.15) is 17.4 Å². The molecule has 38 heavy (non-hydrogen) atoms. The van der Waals surface area contributed by atoms with E-state index in [-0.39, 0.29) is 35.1 Å². The number of hydrogen-bond donors (Lipinski definition) is 3. The number of ether oxygens (including phenoxy) is 2. The summed E-state index contributed by atoms with van der Waals surface area (Å²) in [5.74, 6) is -1.96. The van der Waals surface area contributed by atoms with Crippen LogP contribution < -0.4 is 15.4 Å². The maximum atomic E-state index is 14.2. The predicted molar refractivity (Wildman–Crippen MR) is 147 cm³/mol. The lowest BCUT2D eigenvalue weighted by atomic mass is 9.70. The van der Waals surface area contributed by atoms with E-state index in [1.165, 1.54) is 4.90 Å². The van der Waals surface area contributed by atoms with E-state index in [0.29, 0.717) is 30.9 Å². The van der Waals surface area contributed by atoms with Crippen molar-refractivity contribution in [2.45, 2.75) is 88.5 Å². The van der Waals surface area contributed by atoms with E-state index in [0.717, 1.165) is 0 Å². The number of carbonyl (C=O) groups is 3. The summed E-state index contributed by atoms with van der Waals surface area (Å²) in [4.78, 5) is 43.1. The number of rotatable bonds is 9. The SMILES string of the molecule is CCOc1ccc(NC(=O)[C@H]2[C@@H]3OC4(CC3Br)C(C(=O)NC(C)(C)C)N([C@@H](CO)[C@@H](C)CC)C(=O)[C@H]24)cc1. The maximum Gasteiger partial charge on any atom is 0.246 e. The highest BCUT2D eigenvalue weighted by molar-refractivity contribution is 9.09. The minimum absolute atomic E-state index is 0.0581. The molecular formula is C28H40BrN3O6. The van der Waals surface area contributed by atoms with Crippen molar-refractivity contribution >= 4 is 39.3 Å². The number of likely N-dealkylation sites (tertiary alicyclic amines) is 1. The number of anilines is 1. The molecule has 3 saturated heterocycles. The van der Waals surface area contributed by atoms with Gasteiger partial charge in [-0.2, -0.15) is 0 Å². The van der Waals surface area contributed by atoms with Crippen LogP contribution in [0.1, 0.15) is 54.4 Å². The molecule has 3 unspecified atom stereocenters. The number of carbonyl (C=O) groups excluding carboxylic acids is 3. The van der Waals surface area contributed by atoms with Gasteiger partial charge in [-0.1, -0.05) is 36.2 Å². The minimum Gasteiger partial charge on any atom is -0.494 e. The number of benzene rings is 1. The summed E-state index contributed by atoms with van der Waals surface area (Å²) in [6.07, 6.45) is 0.569. The molecule has 210 valence electrons. The van der Waals surface area contributed by atoms with Crippen molar-refractivity contribution in [1.82, 2.24) is 10.2 Å². The molecule has 8 atom stereocenters. The maximum absolute atomic E-state index is 14.2. The van der Waals surface area contributed by atoms with Gasteiger partial charge >= 0.3 is 0 Å². The van der Waals surface area contributed by atoms with Crippen molar-refractivity contribution in [1.29, 1.82) is 0 Å². The topological polar surface area (TPSA) is 117 Å². The lowest BCUT2D eigenvalue weighted by Crippen LogP contribution is -2.61. The monoisotopic (exact) mass is 593 g/mol. The Hall–Kier alpha value is -2.17. The van der Waals surface area contributed by atoms with Gasteiger partial charge in [-0.15, -0.1) is 0 Å². The second kappa shape index (κ2) is 10.8. The lowest BCUT2D eigenvalue weighted by Gasteiger charge is -2.40. The second-order valence-electron chi connectivity index (χ2n) is 11.7. The average molecular weight is 595 g/mol. The van der Waals surface area contributed by atoms with Crippen molar-refractivity contribution in [2.75, 3.05) is 18.5 Å². The van der Waals surface area contributed by atoms with Crippen LogP contribution in [0, 0.1) is 17.8 Å². The molecule has 3 heterocycles. The fourth-order valence-corrected chi connectivity index (χ4v) is 7.25. The number of fused-ring (bicyclic) bond motifs is 1. The van der Waals surface area contributed by atoms with Crippen LogP contribution in [-0.4, -0.2) is 75.1 Å². The van der Waals surface area contributed by atoms with E-state index < -0.39 is 41.2 Å². The summed E-state index contributed by atoms with van der Waals surface area (Å²) in [6.45, 7) is 11.7. The third kappa shape index (κ3) is 4.95. The van der Waals surface area contributed by atoms with E-state index in [4.69, 9.17) is 9.47 Å². The third-order valence-corrected chi connectivity index (χ3v) is 8.90. The first-order chi connectivity index (χ1) is 17.9. The fourth-order valence-electron chi connectivity index (χ4n) is 6.30. The third-order valence-electron chi connectivity index (χ3n) is 8.05. The van der Waals surface area contributed by atoms with Crippen LogP contribution in [0.25, 0.3) is 0 Å². The molecule has 3 aliphatic rings. The highest BCUT2D eigenvalue weighted by Gasteiger charge is 2.77. The Morgan fingerprint density at radius 2 is 1.89 bits per heavy atom. The molecule has 3 N–H and O–H groups in total. The van der Waals surface area contributed by atoms with Crippen LogP contribution in [-0.2, 0) is 19.1 Å². The molecule has 9 nitrogen and oxygen atoms in total. The molecule has 3 amide bonds. The van der Waals surface area contributed by atoms with Gasteiger partial charge in [0.15, 0.2) is 0 Å². The molecular weight excluding hydrogens is 554 g/mol. The Bertz CT molecular complexity index is 1060. The van der Waals surface area contributed by atoms with Crippen molar-refractivity contribution in [3.63, 3.8) is 0 Å². The molecule has 10 heteroatoms. The molecule has 3 aliphatic heterocycles. The van der Waals surface area contributed by atoms with Gasteiger partial charge in [0, 0.05) is 16.1 Å². The molecule has 4 rings (SSSR count). The van der Waals surface area contributed by atoms with Crippen LogP contribution >= 0.6 is 15.9 Å². The van der Waals surface area contributed by atoms with Gasteiger partial charge < -0.3 is 30.1 Å². The zero-order chi connectivity index (χ0) is 28.0. The van der Waals surface area contributed by atoms with Crippen LogP contribution in [0.3, 0.4) is 0 Å². The normalized spacial score (nSPS) is 31.6. The highest BCUT2D eigenvalue weighted by atomic mass is 79.9. The molecule has 3 fully saturated rings. The molecule has 0 saturated carbocycles. The van der Waals surface area contributed by atoms with Crippen molar-refractivity contribution in [3.8, 4) is 5.75 Å². The Morgan fingerprint density at radius 1 is 1.24 bits per heavy atom. The van der Waals surface area contributed by atoms with Gasteiger partial charge in [-0.3, -0.25) is 14.4 Å². The predicted octanol–water partition coefficient (Wildman–Crippen LogP) is 3.09. The Labute approximate surface area is 233 Å². The van der Waals surface area contributed by atoms with Gasteiger partial charge in [-0.25, -0.2) is 0 Å². The molecule has 0 aliphatic carbocycles. The second-order valence-corrected chi connectivity index (χ2v) is 12.9. The zero-order valence-corrected chi connectivity index (χ0v) is 24.6. The molecule has 1 spiro atoms. The number of aliphatic hydroxyl groups is 1. The number of alkyl halides is 1. The Balaban J connectivity index is 1.71. The molecule has 1 aromatic rings. The van der Waals surface area contributed by atoms with Crippen molar-refractivity contribution < 1.29 is 29.0 Å². The average Bonchev–Trinajstić information content (AvgIpc) is 3.43. The van der Waals surface area contributed by atoms with Crippen molar-refractivity contribution in [2.24, 2.45) is 17.8 Å². The van der Waals surface area contributed by atoms with Crippen LogP contribution in [0.5, 0.6) is 5.75 Å². The van der Waals surface area contributed by atoms with E-state index >= 15 is 0 Å². The number of amides is 3.